The second kappa shape index (κ2) is 6.04. The van der Waals surface area contributed by atoms with Crippen LogP contribution in [0, 0.1) is 12.7 Å². The second-order valence-corrected chi connectivity index (χ2v) is 5.77. The van der Waals surface area contributed by atoms with Crippen LogP contribution in [-0.4, -0.2) is 32.5 Å². The number of halogens is 2. The summed E-state index contributed by atoms with van der Waals surface area (Å²) in [6, 6.07) is 4.07. The zero-order valence-electron chi connectivity index (χ0n) is 12.1. The van der Waals surface area contributed by atoms with Crippen LogP contribution in [0.15, 0.2) is 18.2 Å². The summed E-state index contributed by atoms with van der Waals surface area (Å²) in [6.45, 7) is 2.40. The Kier molecular flexibility index (Phi) is 4.11. The first-order chi connectivity index (χ1) is 10.6. The molecule has 0 radical (unpaired) electrons. The Morgan fingerprint density at radius 1 is 1.45 bits per heavy atom. The number of nitrogens with one attached hydrogen (secondary N) is 1. The maximum absolute atomic E-state index is 13.6. The average molecular weight is 323 g/mol. The molecule has 3 rings (SSSR count). The Morgan fingerprint density at radius 2 is 2.27 bits per heavy atom. The fourth-order valence-corrected chi connectivity index (χ4v) is 2.98. The standard InChI is InChI=1S/C15H16ClFN4O/c1-9-18-14(20-19-9)12-7-2-3-8-21(12)15(22)10-5-4-6-11(17)13(10)16/h4-6,12H,2-3,7-8H2,1H3,(H,18,19,20)/t12-/m1/s1. The van der Waals surface area contributed by atoms with Crippen LogP contribution in [-0.2, 0) is 0 Å². The molecule has 5 nitrogen and oxygen atoms in total. The van der Waals surface area contributed by atoms with Gasteiger partial charge in [0, 0.05) is 6.54 Å². The quantitative estimate of drug-likeness (QED) is 0.923. The monoisotopic (exact) mass is 322 g/mol. The second-order valence-electron chi connectivity index (χ2n) is 5.39. The molecule has 116 valence electrons. The van der Waals surface area contributed by atoms with Crippen LogP contribution in [0.25, 0.3) is 0 Å². The van der Waals surface area contributed by atoms with E-state index in [0.29, 0.717) is 18.2 Å². The average Bonchev–Trinajstić information content (AvgIpc) is 2.96. The molecular formula is C15H16ClFN4O. The molecule has 1 atom stereocenters. The molecule has 1 amide bonds. The van der Waals surface area contributed by atoms with Crippen LogP contribution >= 0.6 is 11.6 Å². The first-order valence-corrected chi connectivity index (χ1v) is 7.59. The lowest BCUT2D eigenvalue weighted by Crippen LogP contribution is -2.39. The van der Waals surface area contributed by atoms with Crippen molar-refractivity contribution in [2.24, 2.45) is 0 Å². The lowest BCUT2D eigenvalue weighted by atomic mass is 10.00. The third-order valence-corrected chi connectivity index (χ3v) is 4.24. The van der Waals surface area contributed by atoms with Crippen LogP contribution in [0.1, 0.15) is 47.3 Å². The van der Waals surface area contributed by atoms with E-state index in [1.54, 1.807) is 11.0 Å². The van der Waals surface area contributed by atoms with Gasteiger partial charge in [-0.25, -0.2) is 9.37 Å². The maximum Gasteiger partial charge on any atom is 0.256 e. The number of hydrogen-bond donors (Lipinski definition) is 1. The van der Waals surface area contributed by atoms with E-state index in [1.165, 1.54) is 12.1 Å². The number of amides is 1. The number of rotatable bonds is 2. The largest absolute Gasteiger partial charge is 0.328 e. The topological polar surface area (TPSA) is 61.9 Å². The van der Waals surface area contributed by atoms with Crippen molar-refractivity contribution >= 4 is 17.5 Å². The number of aromatic nitrogens is 3. The molecule has 7 heteroatoms. The zero-order valence-corrected chi connectivity index (χ0v) is 12.9. The van der Waals surface area contributed by atoms with Crippen molar-refractivity contribution in [3.05, 3.63) is 46.3 Å². The van der Waals surface area contributed by atoms with Gasteiger partial charge in [-0.05, 0) is 38.3 Å². The highest BCUT2D eigenvalue weighted by Crippen LogP contribution is 2.32. The van der Waals surface area contributed by atoms with Gasteiger partial charge in [0.05, 0.1) is 16.6 Å². The lowest BCUT2D eigenvalue weighted by molar-refractivity contribution is 0.0600. The van der Waals surface area contributed by atoms with Crippen molar-refractivity contribution in [2.45, 2.75) is 32.2 Å². The van der Waals surface area contributed by atoms with Crippen LogP contribution < -0.4 is 0 Å². The van der Waals surface area contributed by atoms with Gasteiger partial charge in [-0.2, -0.15) is 5.10 Å². The summed E-state index contributed by atoms with van der Waals surface area (Å²) in [4.78, 5) is 18.8. The van der Waals surface area contributed by atoms with Gasteiger partial charge >= 0.3 is 0 Å². The van der Waals surface area contributed by atoms with E-state index in [0.717, 1.165) is 19.3 Å². The highest BCUT2D eigenvalue weighted by atomic mass is 35.5. The number of hydrogen-bond acceptors (Lipinski definition) is 3. The summed E-state index contributed by atoms with van der Waals surface area (Å²) >= 11 is 5.95. The number of carbonyl (C=O) groups excluding carboxylic acids is 1. The lowest BCUT2D eigenvalue weighted by Gasteiger charge is -2.34. The highest BCUT2D eigenvalue weighted by Gasteiger charge is 2.32. The fraction of sp³-hybridized carbons (Fsp3) is 0.400. The van der Waals surface area contributed by atoms with Gasteiger partial charge in [-0.15, -0.1) is 0 Å². The van der Waals surface area contributed by atoms with Crippen molar-refractivity contribution < 1.29 is 9.18 Å². The molecule has 1 aromatic carbocycles. The molecule has 2 aromatic rings. The predicted octanol–water partition coefficient (Wildman–Crippen LogP) is 3.27. The predicted molar refractivity (Wildman–Crippen MR) is 80.2 cm³/mol. The Hall–Kier alpha value is -1.95. The Balaban J connectivity index is 1.93. The van der Waals surface area contributed by atoms with Crippen molar-refractivity contribution in [3.63, 3.8) is 0 Å². The molecule has 1 saturated heterocycles. The molecule has 1 N–H and O–H groups in total. The van der Waals surface area contributed by atoms with Gasteiger partial charge in [0.15, 0.2) is 5.82 Å². The molecule has 1 aliphatic rings. The number of aryl methyl sites for hydroxylation is 1. The normalized spacial score (nSPS) is 18.5. The molecule has 1 aliphatic heterocycles. The van der Waals surface area contributed by atoms with E-state index in [4.69, 9.17) is 11.6 Å². The fourth-order valence-electron chi connectivity index (χ4n) is 2.78. The smallest absolute Gasteiger partial charge is 0.256 e. The Morgan fingerprint density at radius 3 is 3.00 bits per heavy atom. The van der Waals surface area contributed by atoms with Gasteiger partial charge in [0.25, 0.3) is 5.91 Å². The summed E-state index contributed by atoms with van der Waals surface area (Å²) in [7, 11) is 0. The zero-order chi connectivity index (χ0) is 15.7. The van der Waals surface area contributed by atoms with Gasteiger partial charge < -0.3 is 4.90 Å². The van der Waals surface area contributed by atoms with Gasteiger partial charge in [0.2, 0.25) is 0 Å². The molecule has 22 heavy (non-hydrogen) atoms. The van der Waals surface area contributed by atoms with Gasteiger partial charge in [-0.3, -0.25) is 9.89 Å². The number of carbonyl (C=O) groups is 1. The molecule has 0 bridgehead atoms. The van der Waals surface area contributed by atoms with E-state index in [2.05, 4.69) is 15.2 Å². The minimum atomic E-state index is -0.588. The van der Waals surface area contributed by atoms with Crippen LogP contribution in [0.2, 0.25) is 5.02 Å². The minimum Gasteiger partial charge on any atom is -0.328 e. The molecular weight excluding hydrogens is 307 g/mol. The number of likely N-dealkylation sites (tertiary alicyclic amines) is 1. The number of piperidine rings is 1. The summed E-state index contributed by atoms with van der Waals surface area (Å²) < 4.78 is 13.6. The molecule has 0 unspecified atom stereocenters. The van der Waals surface area contributed by atoms with E-state index < -0.39 is 5.82 Å². The van der Waals surface area contributed by atoms with E-state index in [-0.39, 0.29) is 22.5 Å². The Labute approximate surface area is 132 Å². The van der Waals surface area contributed by atoms with E-state index in [9.17, 15) is 9.18 Å². The number of benzene rings is 1. The van der Waals surface area contributed by atoms with Crippen molar-refractivity contribution in [1.29, 1.82) is 0 Å². The number of nitrogens with zero attached hydrogens (tertiary/aromatic N) is 3. The molecule has 1 aromatic heterocycles. The van der Waals surface area contributed by atoms with E-state index >= 15 is 0 Å². The summed E-state index contributed by atoms with van der Waals surface area (Å²) in [5.74, 6) is 0.432. The minimum absolute atomic E-state index is 0.136. The molecule has 0 saturated carbocycles. The van der Waals surface area contributed by atoms with Crippen LogP contribution in [0.4, 0.5) is 4.39 Å². The van der Waals surface area contributed by atoms with Crippen molar-refractivity contribution in [3.8, 4) is 0 Å². The van der Waals surface area contributed by atoms with Crippen molar-refractivity contribution in [2.75, 3.05) is 6.54 Å². The van der Waals surface area contributed by atoms with Crippen molar-refractivity contribution in [1.82, 2.24) is 20.1 Å². The summed E-state index contributed by atoms with van der Waals surface area (Å²) in [5, 5.41) is 6.83. The highest BCUT2D eigenvalue weighted by molar-refractivity contribution is 6.34. The first-order valence-electron chi connectivity index (χ1n) is 7.22. The van der Waals surface area contributed by atoms with Crippen LogP contribution in [0.3, 0.4) is 0 Å². The number of aromatic amines is 1. The number of H-pyrrole nitrogens is 1. The maximum atomic E-state index is 13.6. The third-order valence-electron chi connectivity index (χ3n) is 3.86. The summed E-state index contributed by atoms with van der Waals surface area (Å²) in [6.07, 6.45) is 2.69. The summed E-state index contributed by atoms with van der Waals surface area (Å²) in [5.41, 5.74) is 0.181. The SMILES string of the molecule is Cc1nc([C@H]2CCCCN2C(=O)c2cccc(F)c2Cl)n[nH]1. The van der Waals surface area contributed by atoms with Gasteiger partial charge in [0.1, 0.15) is 11.6 Å². The molecule has 0 aliphatic carbocycles. The molecule has 0 spiro atoms. The van der Waals surface area contributed by atoms with E-state index in [1.807, 2.05) is 6.92 Å². The molecule has 2 heterocycles. The van der Waals surface area contributed by atoms with Crippen LogP contribution in [0.5, 0.6) is 0 Å². The Bertz CT molecular complexity index is 703. The molecule has 1 fully saturated rings. The third kappa shape index (κ3) is 2.70. The first kappa shape index (κ1) is 15.0. The van der Waals surface area contributed by atoms with Gasteiger partial charge in [-0.1, -0.05) is 17.7 Å².